The molecule has 1 heterocycles. The second kappa shape index (κ2) is 7.95. The number of carbonyl (C=O) groups excluding carboxylic acids is 1. The first-order valence-corrected chi connectivity index (χ1v) is 8.75. The highest BCUT2D eigenvalue weighted by Gasteiger charge is 2.15. The Morgan fingerprint density at radius 2 is 1.85 bits per heavy atom. The van der Waals surface area contributed by atoms with Crippen LogP contribution in [0.1, 0.15) is 23.7 Å². The number of amides is 1. The molecule has 140 valence electrons. The molecule has 0 unspecified atom stereocenters. The van der Waals surface area contributed by atoms with Gasteiger partial charge in [-0.15, -0.1) is 0 Å². The van der Waals surface area contributed by atoms with Crippen molar-refractivity contribution < 1.29 is 14.3 Å². The molecule has 0 aliphatic heterocycles. The predicted molar refractivity (Wildman–Crippen MR) is 106 cm³/mol. The third-order valence-electron chi connectivity index (χ3n) is 4.22. The first kappa shape index (κ1) is 18.5. The molecule has 0 aliphatic rings. The van der Waals surface area contributed by atoms with Crippen LogP contribution >= 0.6 is 0 Å². The van der Waals surface area contributed by atoms with Gasteiger partial charge in [-0.2, -0.15) is 0 Å². The third-order valence-corrected chi connectivity index (χ3v) is 4.22. The number of benzene rings is 2. The van der Waals surface area contributed by atoms with Crippen LogP contribution < -0.4 is 20.3 Å². The summed E-state index contributed by atoms with van der Waals surface area (Å²) in [5.41, 5.74) is 0.881. The topological polar surface area (TPSA) is 69.6 Å². The van der Waals surface area contributed by atoms with Crippen molar-refractivity contribution in [2.45, 2.75) is 13.3 Å². The van der Waals surface area contributed by atoms with Crippen molar-refractivity contribution in [2.24, 2.45) is 7.05 Å². The van der Waals surface area contributed by atoms with Crippen molar-refractivity contribution in [3.8, 4) is 11.5 Å². The van der Waals surface area contributed by atoms with Crippen LogP contribution in [0.5, 0.6) is 11.5 Å². The minimum atomic E-state index is -0.298. The first-order valence-electron chi connectivity index (χ1n) is 8.75. The van der Waals surface area contributed by atoms with Gasteiger partial charge >= 0.3 is 0 Å². The lowest BCUT2D eigenvalue weighted by molar-refractivity contribution is 0.102. The molecule has 0 aliphatic carbocycles. The number of pyridine rings is 1. The van der Waals surface area contributed by atoms with E-state index in [2.05, 4.69) is 5.32 Å². The van der Waals surface area contributed by atoms with E-state index in [1.54, 1.807) is 56.8 Å². The highest BCUT2D eigenvalue weighted by Crippen LogP contribution is 2.30. The van der Waals surface area contributed by atoms with Crippen molar-refractivity contribution in [2.75, 3.05) is 19.0 Å². The van der Waals surface area contributed by atoms with E-state index in [0.717, 1.165) is 6.42 Å². The maximum Gasteiger partial charge on any atom is 0.258 e. The van der Waals surface area contributed by atoms with E-state index in [-0.39, 0.29) is 11.5 Å². The van der Waals surface area contributed by atoms with Gasteiger partial charge in [-0.1, -0.05) is 25.1 Å². The van der Waals surface area contributed by atoms with Gasteiger partial charge in [0.2, 0.25) is 0 Å². The summed E-state index contributed by atoms with van der Waals surface area (Å²) in [5, 5.41) is 4.00. The normalized spacial score (nSPS) is 10.6. The molecule has 1 aromatic heterocycles. The Kier molecular flexibility index (Phi) is 5.45. The van der Waals surface area contributed by atoms with Gasteiger partial charge in [0.05, 0.1) is 19.3 Å². The van der Waals surface area contributed by atoms with Crippen molar-refractivity contribution >= 4 is 22.4 Å². The van der Waals surface area contributed by atoms with Crippen LogP contribution in [-0.2, 0) is 7.05 Å². The maximum absolute atomic E-state index is 12.9. The first-order chi connectivity index (χ1) is 13.0. The molecule has 0 atom stereocenters. The number of rotatable bonds is 6. The number of hydrogen-bond acceptors (Lipinski definition) is 4. The van der Waals surface area contributed by atoms with Crippen molar-refractivity contribution in [3.05, 3.63) is 64.6 Å². The summed E-state index contributed by atoms with van der Waals surface area (Å²) in [6.45, 7) is 2.57. The highest BCUT2D eigenvalue weighted by molar-refractivity contribution is 6.12. The monoisotopic (exact) mass is 366 g/mol. The largest absolute Gasteiger partial charge is 0.493 e. The number of aromatic nitrogens is 1. The SMILES string of the molecule is CCCOc1cc(NC(=O)c2cn(C)c(=O)c3ccccc23)ccc1OC. The van der Waals surface area contributed by atoms with Crippen LogP contribution in [0, 0.1) is 0 Å². The Labute approximate surface area is 157 Å². The number of nitrogens with zero attached hydrogens (tertiary/aromatic N) is 1. The van der Waals surface area contributed by atoms with Gasteiger partial charge in [-0.25, -0.2) is 0 Å². The van der Waals surface area contributed by atoms with Gasteiger partial charge in [0.25, 0.3) is 11.5 Å². The molecule has 27 heavy (non-hydrogen) atoms. The molecule has 0 saturated heterocycles. The summed E-state index contributed by atoms with van der Waals surface area (Å²) >= 11 is 0. The Morgan fingerprint density at radius 3 is 2.56 bits per heavy atom. The second-order valence-corrected chi connectivity index (χ2v) is 6.17. The fraction of sp³-hybridized carbons (Fsp3) is 0.238. The molecular weight excluding hydrogens is 344 g/mol. The molecule has 0 spiro atoms. The fourth-order valence-corrected chi connectivity index (χ4v) is 2.87. The number of methoxy groups -OCH3 is 1. The van der Waals surface area contributed by atoms with E-state index in [0.29, 0.717) is 40.1 Å². The Hall–Kier alpha value is -3.28. The lowest BCUT2D eigenvalue weighted by atomic mass is 10.1. The number of carbonyl (C=O) groups is 1. The highest BCUT2D eigenvalue weighted by atomic mass is 16.5. The number of nitrogens with one attached hydrogen (secondary N) is 1. The Morgan fingerprint density at radius 1 is 1.11 bits per heavy atom. The molecule has 6 heteroatoms. The maximum atomic E-state index is 12.9. The van der Waals surface area contributed by atoms with E-state index in [9.17, 15) is 9.59 Å². The van der Waals surface area contributed by atoms with Gasteiger partial charge < -0.3 is 19.4 Å². The standard InChI is InChI=1S/C21H22N2O4/c1-4-11-27-19-12-14(9-10-18(19)26-3)22-20(24)17-13-23(2)21(25)16-8-6-5-7-15(16)17/h5-10,12-13H,4,11H2,1-3H3,(H,22,24). The zero-order chi connectivity index (χ0) is 19.4. The summed E-state index contributed by atoms with van der Waals surface area (Å²) in [6.07, 6.45) is 2.42. The third kappa shape index (κ3) is 3.79. The van der Waals surface area contributed by atoms with Gasteiger partial charge in [0.15, 0.2) is 11.5 Å². The van der Waals surface area contributed by atoms with Crippen LogP contribution in [-0.4, -0.2) is 24.2 Å². The minimum Gasteiger partial charge on any atom is -0.493 e. The van der Waals surface area contributed by atoms with E-state index < -0.39 is 0 Å². The number of fused-ring (bicyclic) bond motifs is 1. The van der Waals surface area contributed by atoms with Gasteiger partial charge in [0.1, 0.15) is 0 Å². The number of hydrogen-bond donors (Lipinski definition) is 1. The molecule has 3 rings (SSSR count). The average Bonchev–Trinajstić information content (AvgIpc) is 2.69. The van der Waals surface area contributed by atoms with Crippen LogP contribution in [0.3, 0.4) is 0 Å². The van der Waals surface area contributed by atoms with Gasteiger partial charge in [-0.05, 0) is 24.6 Å². The summed E-state index contributed by atoms with van der Waals surface area (Å²) in [4.78, 5) is 25.2. The molecule has 1 amide bonds. The van der Waals surface area contributed by atoms with E-state index in [1.807, 2.05) is 13.0 Å². The van der Waals surface area contributed by atoms with Crippen LogP contribution in [0.25, 0.3) is 10.8 Å². The minimum absolute atomic E-state index is 0.137. The summed E-state index contributed by atoms with van der Waals surface area (Å²) in [6, 6.07) is 12.3. The van der Waals surface area contributed by atoms with Crippen LogP contribution in [0.4, 0.5) is 5.69 Å². The molecule has 6 nitrogen and oxygen atoms in total. The van der Waals surface area contributed by atoms with E-state index in [1.165, 1.54) is 4.57 Å². The van der Waals surface area contributed by atoms with Crippen LogP contribution in [0.2, 0.25) is 0 Å². The number of aryl methyl sites for hydroxylation is 1. The molecule has 1 N–H and O–H groups in total. The molecule has 0 fully saturated rings. The van der Waals surface area contributed by atoms with Crippen molar-refractivity contribution in [1.82, 2.24) is 4.57 Å². The summed E-state index contributed by atoms with van der Waals surface area (Å²) < 4.78 is 12.4. The van der Waals surface area contributed by atoms with Gasteiger partial charge in [-0.3, -0.25) is 9.59 Å². The lowest BCUT2D eigenvalue weighted by Gasteiger charge is -2.13. The summed E-state index contributed by atoms with van der Waals surface area (Å²) in [5.74, 6) is 0.880. The van der Waals surface area contributed by atoms with Gasteiger partial charge in [0, 0.05) is 35.8 Å². The molecular formula is C21H22N2O4. The van der Waals surface area contributed by atoms with Crippen LogP contribution in [0.15, 0.2) is 53.5 Å². The number of anilines is 1. The van der Waals surface area contributed by atoms with Crippen molar-refractivity contribution in [3.63, 3.8) is 0 Å². The van der Waals surface area contributed by atoms with E-state index >= 15 is 0 Å². The molecule has 0 bridgehead atoms. The number of ether oxygens (including phenoxy) is 2. The smallest absolute Gasteiger partial charge is 0.258 e. The second-order valence-electron chi connectivity index (χ2n) is 6.17. The molecule has 0 saturated carbocycles. The molecule has 3 aromatic rings. The predicted octanol–water partition coefficient (Wildman–Crippen LogP) is 3.59. The zero-order valence-electron chi connectivity index (χ0n) is 15.6. The lowest BCUT2D eigenvalue weighted by Crippen LogP contribution is -2.21. The van der Waals surface area contributed by atoms with Crippen molar-refractivity contribution in [1.29, 1.82) is 0 Å². The summed E-state index contributed by atoms with van der Waals surface area (Å²) in [7, 11) is 3.21. The Balaban J connectivity index is 1.95. The Bertz CT molecular complexity index is 1040. The quantitative estimate of drug-likeness (QED) is 0.724. The zero-order valence-corrected chi connectivity index (χ0v) is 15.6. The average molecular weight is 366 g/mol. The molecule has 2 aromatic carbocycles. The fourth-order valence-electron chi connectivity index (χ4n) is 2.87. The van der Waals surface area contributed by atoms with E-state index in [4.69, 9.17) is 9.47 Å². The molecule has 0 radical (unpaired) electrons.